The molecule has 1 amide bonds. The first-order valence-electron chi connectivity index (χ1n) is 7.34. The Morgan fingerprint density at radius 2 is 1.88 bits per heavy atom. The Morgan fingerprint density at radius 1 is 1.25 bits per heavy atom. The van der Waals surface area contributed by atoms with Gasteiger partial charge < -0.3 is 9.47 Å². The number of aromatic nitrogens is 3. The SMILES string of the molecule is C=CCN(CC=C)C(=O)CSc1nnc(-c2ccc(Cl)cc2)n1C. The maximum absolute atomic E-state index is 12.3. The third-order valence-electron chi connectivity index (χ3n) is 3.31. The quantitative estimate of drug-likeness (QED) is 0.533. The zero-order valence-corrected chi connectivity index (χ0v) is 15.1. The topological polar surface area (TPSA) is 51.0 Å². The molecule has 1 aromatic carbocycles. The highest BCUT2D eigenvalue weighted by atomic mass is 35.5. The highest BCUT2D eigenvalue weighted by Gasteiger charge is 2.15. The van der Waals surface area contributed by atoms with Crippen molar-refractivity contribution in [1.82, 2.24) is 19.7 Å². The van der Waals surface area contributed by atoms with E-state index < -0.39 is 0 Å². The van der Waals surface area contributed by atoms with Gasteiger partial charge in [-0.25, -0.2) is 0 Å². The van der Waals surface area contributed by atoms with Crippen molar-refractivity contribution >= 4 is 29.3 Å². The summed E-state index contributed by atoms with van der Waals surface area (Å²) in [6.07, 6.45) is 3.40. The zero-order valence-electron chi connectivity index (χ0n) is 13.5. The van der Waals surface area contributed by atoms with Gasteiger partial charge in [-0.3, -0.25) is 4.79 Å². The van der Waals surface area contributed by atoms with Crippen LogP contribution in [0.15, 0.2) is 54.7 Å². The molecule has 0 radical (unpaired) electrons. The highest BCUT2D eigenvalue weighted by Crippen LogP contribution is 2.24. The van der Waals surface area contributed by atoms with E-state index in [4.69, 9.17) is 11.6 Å². The number of amides is 1. The van der Waals surface area contributed by atoms with Crippen LogP contribution >= 0.6 is 23.4 Å². The molecule has 24 heavy (non-hydrogen) atoms. The van der Waals surface area contributed by atoms with Crippen molar-refractivity contribution in [3.63, 3.8) is 0 Å². The summed E-state index contributed by atoms with van der Waals surface area (Å²) >= 11 is 7.26. The van der Waals surface area contributed by atoms with Crippen LogP contribution in [-0.4, -0.2) is 44.4 Å². The van der Waals surface area contributed by atoms with E-state index in [9.17, 15) is 4.79 Å². The number of carbonyl (C=O) groups excluding carboxylic acids is 1. The molecule has 0 aliphatic rings. The molecule has 0 aliphatic carbocycles. The first kappa shape index (κ1) is 18.3. The molecule has 7 heteroatoms. The minimum Gasteiger partial charge on any atom is -0.335 e. The molecule has 0 saturated carbocycles. The summed E-state index contributed by atoms with van der Waals surface area (Å²) in [6.45, 7) is 8.34. The maximum Gasteiger partial charge on any atom is 0.233 e. The second-order valence-corrected chi connectivity index (χ2v) is 6.42. The lowest BCUT2D eigenvalue weighted by Crippen LogP contribution is -2.32. The van der Waals surface area contributed by atoms with Gasteiger partial charge in [0.2, 0.25) is 5.91 Å². The summed E-state index contributed by atoms with van der Waals surface area (Å²) in [7, 11) is 1.88. The van der Waals surface area contributed by atoms with Crippen molar-refractivity contribution in [1.29, 1.82) is 0 Å². The van der Waals surface area contributed by atoms with Crippen LogP contribution in [0.2, 0.25) is 5.02 Å². The molecule has 0 fully saturated rings. The summed E-state index contributed by atoms with van der Waals surface area (Å²) in [5.74, 6) is 1.03. The van der Waals surface area contributed by atoms with Crippen LogP contribution < -0.4 is 0 Å². The molecule has 0 bridgehead atoms. The van der Waals surface area contributed by atoms with Crippen LogP contribution in [0.1, 0.15) is 0 Å². The third-order valence-corrected chi connectivity index (χ3v) is 4.57. The normalized spacial score (nSPS) is 10.4. The van der Waals surface area contributed by atoms with E-state index in [0.717, 1.165) is 11.4 Å². The highest BCUT2D eigenvalue weighted by molar-refractivity contribution is 7.99. The number of rotatable bonds is 8. The van der Waals surface area contributed by atoms with Crippen LogP contribution in [0, 0.1) is 0 Å². The minimum atomic E-state index is 0.0100. The molecule has 0 atom stereocenters. The molecule has 0 aliphatic heterocycles. The lowest BCUT2D eigenvalue weighted by molar-refractivity contribution is -0.127. The number of thioether (sulfide) groups is 1. The Hall–Kier alpha value is -2.05. The number of carbonyl (C=O) groups is 1. The van der Waals surface area contributed by atoms with Gasteiger partial charge in [-0.1, -0.05) is 35.5 Å². The second kappa shape index (κ2) is 8.70. The van der Waals surface area contributed by atoms with Gasteiger partial charge in [0.05, 0.1) is 5.75 Å². The van der Waals surface area contributed by atoms with Gasteiger partial charge in [0.25, 0.3) is 0 Å². The van der Waals surface area contributed by atoms with Gasteiger partial charge in [0.15, 0.2) is 11.0 Å². The number of nitrogens with zero attached hydrogens (tertiary/aromatic N) is 4. The van der Waals surface area contributed by atoms with Crippen LogP contribution in [0.4, 0.5) is 0 Å². The molecule has 126 valence electrons. The summed E-state index contributed by atoms with van der Waals surface area (Å²) in [6, 6.07) is 7.40. The Bertz CT molecular complexity index is 717. The maximum atomic E-state index is 12.3. The first-order chi connectivity index (χ1) is 11.6. The van der Waals surface area contributed by atoms with E-state index in [1.807, 2.05) is 35.9 Å². The number of hydrogen-bond acceptors (Lipinski definition) is 4. The van der Waals surface area contributed by atoms with Crippen molar-refractivity contribution in [3.05, 3.63) is 54.6 Å². The summed E-state index contributed by atoms with van der Waals surface area (Å²) in [5, 5.41) is 9.73. The van der Waals surface area contributed by atoms with Crippen molar-refractivity contribution < 1.29 is 4.79 Å². The second-order valence-electron chi connectivity index (χ2n) is 5.04. The summed E-state index contributed by atoms with van der Waals surface area (Å²) in [5.41, 5.74) is 0.924. The van der Waals surface area contributed by atoms with E-state index in [2.05, 4.69) is 23.4 Å². The van der Waals surface area contributed by atoms with Gasteiger partial charge in [0.1, 0.15) is 0 Å². The Labute approximate surface area is 151 Å². The predicted octanol–water partition coefficient (Wildman–Crippen LogP) is 3.43. The van der Waals surface area contributed by atoms with E-state index in [0.29, 0.717) is 23.3 Å². The van der Waals surface area contributed by atoms with Gasteiger partial charge in [-0.15, -0.1) is 23.4 Å². The monoisotopic (exact) mass is 362 g/mol. The fourth-order valence-corrected chi connectivity index (χ4v) is 3.04. The van der Waals surface area contributed by atoms with E-state index in [1.54, 1.807) is 17.1 Å². The van der Waals surface area contributed by atoms with Crippen LogP contribution in [-0.2, 0) is 11.8 Å². The molecule has 0 spiro atoms. The van der Waals surface area contributed by atoms with Crippen molar-refractivity contribution in [2.24, 2.45) is 7.05 Å². The Balaban J connectivity index is 2.06. The Morgan fingerprint density at radius 3 is 2.46 bits per heavy atom. The minimum absolute atomic E-state index is 0.0100. The van der Waals surface area contributed by atoms with E-state index >= 15 is 0 Å². The lowest BCUT2D eigenvalue weighted by Gasteiger charge is -2.18. The van der Waals surface area contributed by atoms with Crippen molar-refractivity contribution in [2.45, 2.75) is 5.16 Å². The fourth-order valence-electron chi connectivity index (χ4n) is 2.10. The van der Waals surface area contributed by atoms with Gasteiger partial charge in [-0.2, -0.15) is 0 Å². The molecular formula is C17H19ClN4OS. The molecule has 5 nitrogen and oxygen atoms in total. The number of hydrogen-bond donors (Lipinski definition) is 0. The number of halogens is 1. The molecule has 1 aromatic heterocycles. The van der Waals surface area contributed by atoms with Gasteiger partial charge in [0, 0.05) is 30.7 Å². The molecule has 0 N–H and O–H groups in total. The molecule has 2 rings (SSSR count). The van der Waals surface area contributed by atoms with E-state index in [1.165, 1.54) is 11.8 Å². The van der Waals surface area contributed by atoms with Gasteiger partial charge >= 0.3 is 0 Å². The average molecular weight is 363 g/mol. The Kier molecular flexibility index (Phi) is 6.63. The largest absolute Gasteiger partial charge is 0.335 e. The third kappa shape index (κ3) is 4.49. The number of benzene rings is 1. The fraction of sp³-hybridized carbons (Fsp3) is 0.235. The van der Waals surface area contributed by atoms with Crippen molar-refractivity contribution in [2.75, 3.05) is 18.8 Å². The zero-order chi connectivity index (χ0) is 17.5. The lowest BCUT2D eigenvalue weighted by atomic mass is 10.2. The molecule has 0 unspecified atom stereocenters. The van der Waals surface area contributed by atoms with Crippen molar-refractivity contribution in [3.8, 4) is 11.4 Å². The first-order valence-corrected chi connectivity index (χ1v) is 8.71. The predicted molar refractivity (Wildman–Crippen MR) is 99.1 cm³/mol. The molecule has 0 saturated heterocycles. The average Bonchev–Trinajstić information content (AvgIpc) is 2.94. The molecular weight excluding hydrogens is 344 g/mol. The van der Waals surface area contributed by atoms with Crippen LogP contribution in [0.3, 0.4) is 0 Å². The molecule has 2 aromatic rings. The standard InChI is InChI=1S/C17H19ClN4OS/c1-4-10-22(11-5-2)15(23)12-24-17-20-19-16(21(17)3)13-6-8-14(18)9-7-13/h4-9H,1-2,10-12H2,3H3. The summed E-state index contributed by atoms with van der Waals surface area (Å²) < 4.78 is 1.87. The van der Waals surface area contributed by atoms with Crippen LogP contribution in [0.5, 0.6) is 0 Å². The summed E-state index contributed by atoms with van der Waals surface area (Å²) in [4.78, 5) is 13.9. The van der Waals surface area contributed by atoms with Crippen LogP contribution in [0.25, 0.3) is 11.4 Å². The van der Waals surface area contributed by atoms with Gasteiger partial charge in [-0.05, 0) is 24.3 Å². The molecule has 1 heterocycles. The smallest absolute Gasteiger partial charge is 0.233 e. The van der Waals surface area contributed by atoms with E-state index in [-0.39, 0.29) is 11.7 Å².